The van der Waals surface area contributed by atoms with Gasteiger partial charge in [-0.15, -0.1) is 0 Å². The van der Waals surface area contributed by atoms with Gasteiger partial charge in [-0.1, -0.05) is 6.07 Å². The molecule has 0 aromatic heterocycles. The fourth-order valence-corrected chi connectivity index (χ4v) is 6.02. The van der Waals surface area contributed by atoms with Crippen LogP contribution >= 0.6 is 0 Å². The third-order valence-corrected chi connectivity index (χ3v) is 8.15. The number of carbonyl (C=O) groups is 6. The largest absolute Gasteiger partial charge is 0.483 e. The second-order valence-corrected chi connectivity index (χ2v) is 10.2. The van der Waals surface area contributed by atoms with Crippen LogP contribution in [0, 0.1) is 11.8 Å². The number of ether oxygens (including phenoxy) is 1. The van der Waals surface area contributed by atoms with Gasteiger partial charge in [-0.05, 0) is 56.1 Å². The van der Waals surface area contributed by atoms with Crippen LogP contribution in [0.15, 0.2) is 18.2 Å². The van der Waals surface area contributed by atoms with Gasteiger partial charge >= 0.3 is 6.09 Å². The average Bonchev–Trinajstić information content (AvgIpc) is 3.17. The zero-order valence-electron chi connectivity index (χ0n) is 20.9. The first kappa shape index (κ1) is 25.7. The molecule has 4 aliphatic heterocycles. The van der Waals surface area contributed by atoms with Crippen LogP contribution < -0.4 is 10.1 Å². The summed E-state index contributed by atoms with van der Waals surface area (Å²) in [6, 6.07) is 3.47. The van der Waals surface area contributed by atoms with E-state index in [-0.39, 0.29) is 42.2 Å². The van der Waals surface area contributed by atoms with E-state index in [2.05, 4.69) is 5.32 Å². The fraction of sp³-hybridized carbons (Fsp3) is 0.538. The molecule has 4 aliphatic rings. The number of imide groups is 2. The molecule has 1 atom stereocenters. The van der Waals surface area contributed by atoms with Crippen molar-refractivity contribution in [2.24, 2.45) is 11.8 Å². The van der Waals surface area contributed by atoms with Crippen molar-refractivity contribution in [3.63, 3.8) is 0 Å². The number of nitrogens with one attached hydrogen (secondary N) is 1. The lowest BCUT2D eigenvalue weighted by molar-refractivity contribution is -0.136. The second kappa shape index (κ2) is 10.4. The minimum absolute atomic E-state index is 0.0152. The average molecular weight is 527 g/mol. The fourth-order valence-electron chi connectivity index (χ4n) is 6.02. The molecule has 5 rings (SSSR count). The van der Waals surface area contributed by atoms with Crippen LogP contribution in [0.1, 0.15) is 59.2 Å². The molecule has 2 N–H and O–H groups in total. The molecule has 6 amide bonds. The van der Waals surface area contributed by atoms with E-state index in [1.54, 1.807) is 11.0 Å². The highest BCUT2D eigenvalue weighted by atomic mass is 16.5. The predicted octanol–water partition coefficient (Wildman–Crippen LogP) is 1.10. The van der Waals surface area contributed by atoms with Crippen molar-refractivity contribution in [1.29, 1.82) is 0 Å². The molecule has 0 radical (unpaired) electrons. The first-order valence-corrected chi connectivity index (χ1v) is 13.0. The molecule has 0 aliphatic carbocycles. The van der Waals surface area contributed by atoms with Gasteiger partial charge in [0.25, 0.3) is 17.7 Å². The van der Waals surface area contributed by atoms with Crippen LogP contribution in [0.2, 0.25) is 0 Å². The molecule has 12 heteroatoms. The summed E-state index contributed by atoms with van der Waals surface area (Å²) in [5.41, 5.74) is 0.112. The summed E-state index contributed by atoms with van der Waals surface area (Å²) in [5, 5.41) is 11.3. The quantitative estimate of drug-likeness (QED) is 0.541. The predicted molar refractivity (Wildman–Crippen MR) is 130 cm³/mol. The lowest BCUT2D eigenvalue weighted by Gasteiger charge is -2.39. The van der Waals surface area contributed by atoms with E-state index in [9.17, 15) is 28.8 Å². The van der Waals surface area contributed by atoms with Gasteiger partial charge in [0.15, 0.2) is 6.61 Å². The molecule has 12 nitrogen and oxygen atoms in total. The van der Waals surface area contributed by atoms with E-state index < -0.39 is 35.8 Å². The summed E-state index contributed by atoms with van der Waals surface area (Å²) >= 11 is 0. The molecule has 0 spiro atoms. The first-order chi connectivity index (χ1) is 18.2. The maximum Gasteiger partial charge on any atom is 0.407 e. The summed E-state index contributed by atoms with van der Waals surface area (Å²) in [7, 11) is 0. The van der Waals surface area contributed by atoms with Gasteiger partial charge in [0.05, 0.1) is 11.1 Å². The van der Waals surface area contributed by atoms with E-state index >= 15 is 0 Å². The third kappa shape index (κ3) is 4.82. The molecule has 38 heavy (non-hydrogen) atoms. The Bertz CT molecular complexity index is 1180. The number of hydrogen-bond donors (Lipinski definition) is 2. The van der Waals surface area contributed by atoms with Crippen molar-refractivity contribution in [2.75, 3.05) is 32.8 Å². The molecule has 4 heterocycles. The van der Waals surface area contributed by atoms with Crippen molar-refractivity contribution in [3.8, 4) is 5.75 Å². The molecule has 0 bridgehead atoms. The number of rotatable bonds is 5. The number of likely N-dealkylation sites (tertiary alicyclic amines) is 2. The van der Waals surface area contributed by atoms with E-state index in [0.29, 0.717) is 38.0 Å². The Morgan fingerprint density at radius 2 is 1.53 bits per heavy atom. The highest BCUT2D eigenvalue weighted by Crippen LogP contribution is 2.35. The Morgan fingerprint density at radius 1 is 0.895 bits per heavy atom. The number of hydrogen-bond acceptors (Lipinski definition) is 7. The van der Waals surface area contributed by atoms with E-state index in [1.165, 1.54) is 17.0 Å². The van der Waals surface area contributed by atoms with Gasteiger partial charge in [-0.25, -0.2) is 4.79 Å². The number of amides is 6. The molecule has 202 valence electrons. The van der Waals surface area contributed by atoms with Crippen LogP contribution in [0.5, 0.6) is 5.75 Å². The maximum atomic E-state index is 13.2. The minimum atomic E-state index is -1.08. The summed E-state index contributed by atoms with van der Waals surface area (Å²) < 4.78 is 5.73. The standard InChI is InChI=1S/C26H30N4O8/c31-20-5-4-18(23(33)27-20)30-24(34)17-2-1-3-19(22(17)25(30)35)38-14-21(32)28-10-6-15(7-11-28)16-8-12-29(13-9-16)26(36)37/h1-3,15-16,18H,4-14H2,(H,36,37)(H,27,31,33). The van der Waals surface area contributed by atoms with Crippen LogP contribution in [-0.2, 0) is 14.4 Å². The van der Waals surface area contributed by atoms with Gasteiger partial charge in [0, 0.05) is 32.6 Å². The maximum absolute atomic E-state index is 13.2. The Labute approximate surface area is 218 Å². The lowest BCUT2D eigenvalue weighted by Crippen LogP contribution is -2.54. The summed E-state index contributed by atoms with van der Waals surface area (Å²) in [6.07, 6.45) is 2.59. The number of benzene rings is 1. The van der Waals surface area contributed by atoms with E-state index in [1.807, 2.05) is 0 Å². The number of carboxylic acid groups (broad SMARTS) is 1. The van der Waals surface area contributed by atoms with Gasteiger partial charge in [-0.3, -0.25) is 34.2 Å². The van der Waals surface area contributed by atoms with Crippen molar-refractivity contribution in [2.45, 2.75) is 44.6 Å². The third-order valence-electron chi connectivity index (χ3n) is 8.15. The first-order valence-electron chi connectivity index (χ1n) is 13.0. The molecule has 1 unspecified atom stereocenters. The lowest BCUT2D eigenvalue weighted by atomic mass is 9.79. The highest BCUT2D eigenvalue weighted by molar-refractivity contribution is 6.24. The Balaban J connectivity index is 1.17. The van der Waals surface area contributed by atoms with Crippen molar-refractivity contribution >= 4 is 35.6 Å². The Kier molecular flexibility index (Phi) is 7.04. The topological polar surface area (TPSA) is 154 Å². The van der Waals surface area contributed by atoms with Gasteiger partial charge in [0.1, 0.15) is 11.8 Å². The molecular formula is C26H30N4O8. The molecule has 3 fully saturated rings. The number of nitrogens with zero attached hydrogens (tertiary/aromatic N) is 3. The molecule has 0 saturated carbocycles. The monoisotopic (exact) mass is 526 g/mol. The number of piperidine rings is 3. The number of carbonyl (C=O) groups excluding carboxylic acids is 5. The van der Waals surface area contributed by atoms with Crippen molar-refractivity contribution in [3.05, 3.63) is 29.3 Å². The van der Waals surface area contributed by atoms with E-state index in [4.69, 9.17) is 9.84 Å². The smallest absolute Gasteiger partial charge is 0.407 e. The zero-order valence-corrected chi connectivity index (χ0v) is 20.9. The summed E-state index contributed by atoms with van der Waals surface area (Å²) in [6.45, 7) is 1.98. The Hall–Kier alpha value is -3.96. The van der Waals surface area contributed by atoms with Crippen molar-refractivity contribution in [1.82, 2.24) is 20.0 Å². The summed E-state index contributed by atoms with van der Waals surface area (Å²) in [4.78, 5) is 78.0. The van der Waals surface area contributed by atoms with Crippen molar-refractivity contribution < 1.29 is 38.6 Å². The van der Waals surface area contributed by atoms with Gasteiger partial charge in [0.2, 0.25) is 11.8 Å². The molecular weight excluding hydrogens is 496 g/mol. The van der Waals surface area contributed by atoms with Gasteiger partial charge < -0.3 is 19.6 Å². The number of fused-ring (bicyclic) bond motifs is 1. The van der Waals surface area contributed by atoms with Crippen LogP contribution in [0.4, 0.5) is 4.79 Å². The van der Waals surface area contributed by atoms with Crippen LogP contribution in [-0.4, -0.2) is 94.3 Å². The highest BCUT2D eigenvalue weighted by Gasteiger charge is 2.46. The summed E-state index contributed by atoms with van der Waals surface area (Å²) in [5.74, 6) is -1.66. The van der Waals surface area contributed by atoms with Gasteiger partial charge in [-0.2, -0.15) is 0 Å². The van der Waals surface area contributed by atoms with Crippen LogP contribution in [0.3, 0.4) is 0 Å². The normalized spacial score (nSPS) is 22.9. The van der Waals surface area contributed by atoms with E-state index in [0.717, 1.165) is 30.6 Å². The second-order valence-electron chi connectivity index (χ2n) is 10.2. The molecule has 1 aromatic carbocycles. The zero-order chi connectivity index (χ0) is 27.0. The molecule has 1 aromatic rings. The Morgan fingerprint density at radius 3 is 2.13 bits per heavy atom. The molecule has 3 saturated heterocycles. The minimum Gasteiger partial charge on any atom is -0.483 e. The van der Waals surface area contributed by atoms with Crippen LogP contribution in [0.25, 0.3) is 0 Å². The SMILES string of the molecule is O=C1CCC(N2C(=O)c3cccc(OCC(=O)N4CCC(C5CCN(C(=O)O)CC5)CC4)c3C2=O)C(=O)N1.